The molecule has 1 aromatic rings. The highest BCUT2D eigenvalue weighted by molar-refractivity contribution is 7.89. The second-order valence-electron chi connectivity index (χ2n) is 5.14. The van der Waals surface area contributed by atoms with Crippen molar-refractivity contribution in [3.63, 3.8) is 0 Å². The first-order valence-corrected chi connectivity index (χ1v) is 9.21. The average Bonchev–Trinajstić information content (AvgIpc) is 2.49. The molecule has 21 heavy (non-hydrogen) atoms. The second-order valence-corrected chi connectivity index (χ2v) is 6.99. The minimum Gasteiger partial charge on any atom is -0.478 e. The number of ether oxygens (including phenoxy) is 1. The first kappa shape index (κ1) is 17.9. The standard InChI is InChI=1S/C15H26N2O3S/c1-4-9-20-15-10-14(7-8-16-15)11-17-21(18,19)12-13(5-2)6-3/h7-8,10,13,17H,4-6,9,11-12H2,1-3H3. The van der Waals surface area contributed by atoms with E-state index in [1.54, 1.807) is 18.3 Å². The fourth-order valence-corrected chi connectivity index (χ4v) is 3.53. The van der Waals surface area contributed by atoms with Gasteiger partial charge in [0.15, 0.2) is 0 Å². The lowest BCUT2D eigenvalue weighted by Gasteiger charge is -2.13. The van der Waals surface area contributed by atoms with Gasteiger partial charge >= 0.3 is 0 Å². The van der Waals surface area contributed by atoms with Crippen molar-refractivity contribution in [1.29, 1.82) is 0 Å². The molecule has 0 aliphatic rings. The molecule has 0 atom stereocenters. The van der Waals surface area contributed by atoms with Crippen LogP contribution in [0.2, 0.25) is 0 Å². The van der Waals surface area contributed by atoms with E-state index in [-0.39, 0.29) is 18.2 Å². The summed E-state index contributed by atoms with van der Waals surface area (Å²) in [5, 5.41) is 0. The van der Waals surface area contributed by atoms with Crippen LogP contribution in [0, 0.1) is 5.92 Å². The number of nitrogens with one attached hydrogen (secondary N) is 1. The molecule has 0 unspecified atom stereocenters. The van der Waals surface area contributed by atoms with Crippen LogP contribution < -0.4 is 9.46 Å². The molecular weight excluding hydrogens is 288 g/mol. The number of aromatic nitrogens is 1. The van der Waals surface area contributed by atoms with Crippen molar-refractivity contribution >= 4 is 10.0 Å². The lowest BCUT2D eigenvalue weighted by Crippen LogP contribution is -2.29. The Labute approximate surface area is 128 Å². The lowest BCUT2D eigenvalue weighted by atomic mass is 10.1. The maximum atomic E-state index is 12.0. The molecule has 0 aromatic carbocycles. The Balaban J connectivity index is 2.57. The fourth-order valence-electron chi connectivity index (χ4n) is 1.93. The third kappa shape index (κ3) is 6.91. The van der Waals surface area contributed by atoms with Crippen LogP contribution >= 0.6 is 0 Å². The van der Waals surface area contributed by atoms with Crippen LogP contribution in [0.15, 0.2) is 18.3 Å². The summed E-state index contributed by atoms with van der Waals surface area (Å²) in [6, 6.07) is 3.56. The lowest BCUT2D eigenvalue weighted by molar-refractivity contribution is 0.305. The molecule has 6 heteroatoms. The molecule has 0 spiro atoms. The Morgan fingerprint density at radius 1 is 1.29 bits per heavy atom. The Bertz CT molecular complexity index is 513. The van der Waals surface area contributed by atoms with Crippen LogP contribution in [-0.2, 0) is 16.6 Å². The molecule has 0 fully saturated rings. The largest absolute Gasteiger partial charge is 0.478 e. The average molecular weight is 314 g/mol. The highest BCUT2D eigenvalue weighted by atomic mass is 32.2. The zero-order valence-electron chi connectivity index (χ0n) is 13.1. The number of hydrogen-bond donors (Lipinski definition) is 1. The molecule has 1 aromatic heterocycles. The third-order valence-corrected chi connectivity index (χ3v) is 4.85. The molecule has 1 rings (SSSR count). The van der Waals surface area contributed by atoms with Gasteiger partial charge in [0.25, 0.3) is 0 Å². The first-order chi connectivity index (χ1) is 10.0. The number of sulfonamides is 1. The normalized spacial score (nSPS) is 11.8. The number of hydrogen-bond acceptors (Lipinski definition) is 4. The molecule has 5 nitrogen and oxygen atoms in total. The van der Waals surface area contributed by atoms with Gasteiger partial charge in [-0.15, -0.1) is 0 Å². The Hall–Kier alpha value is -1.14. The zero-order valence-corrected chi connectivity index (χ0v) is 13.9. The monoisotopic (exact) mass is 314 g/mol. The van der Waals surface area contributed by atoms with Gasteiger partial charge < -0.3 is 4.74 Å². The predicted molar refractivity (Wildman–Crippen MR) is 84.7 cm³/mol. The summed E-state index contributed by atoms with van der Waals surface area (Å²) in [6.07, 6.45) is 4.30. The maximum absolute atomic E-state index is 12.0. The minimum absolute atomic E-state index is 0.185. The maximum Gasteiger partial charge on any atom is 0.213 e. The summed E-state index contributed by atoms with van der Waals surface area (Å²) in [4.78, 5) is 4.10. The van der Waals surface area contributed by atoms with E-state index in [4.69, 9.17) is 4.74 Å². The molecule has 0 amide bonds. The highest BCUT2D eigenvalue weighted by Gasteiger charge is 2.16. The smallest absolute Gasteiger partial charge is 0.213 e. The molecule has 0 aliphatic carbocycles. The molecule has 1 heterocycles. The quantitative estimate of drug-likeness (QED) is 0.721. The summed E-state index contributed by atoms with van der Waals surface area (Å²) in [6.45, 7) is 6.94. The van der Waals surface area contributed by atoms with E-state index < -0.39 is 10.0 Å². The Kier molecular flexibility index (Phi) is 7.67. The topological polar surface area (TPSA) is 68.3 Å². The molecular formula is C15H26N2O3S. The summed E-state index contributed by atoms with van der Waals surface area (Å²) >= 11 is 0. The zero-order chi connectivity index (χ0) is 15.7. The predicted octanol–water partition coefficient (Wildman–Crippen LogP) is 2.73. The van der Waals surface area contributed by atoms with Gasteiger partial charge in [0.1, 0.15) is 0 Å². The molecule has 0 radical (unpaired) electrons. The minimum atomic E-state index is -3.24. The van der Waals surface area contributed by atoms with Crippen LogP contribution in [0.1, 0.15) is 45.6 Å². The van der Waals surface area contributed by atoms with Crippen LogP contribution in [-0.4, -0.2) is 25.8 Å². The van der Waals surface area contributed by atoms with Gasteiger partial charge in [-0.05, 0) is 24.0 Å². The van der Waals surface area contributed by atoms with Gasteiger partial charge in [-0.2, -0.15) is 0 Å². The second kappa shape index (κ2) is 9.00. The molecule has 120 valence electrons. The van der Waals surface area contributed by atoms with Gasteiger partial charge in [-0.1, -0.05) is 33.6 Å². The molecule has 0 saturated heterocycles. The van der Waals surface area contributed by atoms with Crippen LogP contribution in [0.3, 0.4) is 0 Å². The van der Waals surface area contributed by atoms with Gasteiger partial charge in [-0.3, -0.25) is 0 Å². The van der Waals surface area contributed by atoms with Gasteiger partial charge in [0.05, 0.1) is 12.4 Å². The van der Waals surface area contributed by atoms with Crippen LogP contribution in [0.25, 0.3) is 0 Å². The van der Waals surface area contributed by atoms with Gasteiger partial charge in [-0.25, -0.2) is 18.1 Å². The van der Waals surface area contributed by atoms with E-state index >= 15 is 0 Å². The van der Waals surface area contributed by atoms with Crippen molar-refractivity contribution in [2.75, 3.05) is 12.4 Å². The summed E-state index contributed by atoms with van der Waals surface area (Å²) in [5.41, 5.74) is 0.851. The molecule has 1 N–H and O–H groups in total. The van der Waals surface area contributed by atoms with Crippen molar-refractivity contribution in [3.8, 4) is 5.88 Å². The van der Waals surface area contributed by atoms with E-state index in [0.717, 1.165) is 24.8 Å². The third-order valence-electron chi connectivity index (χ3n) is 3.36. The molecule has 0 saturated carbocycles. The summed E-state index contributed by atoms with van der Waals surface area (Å²) < 4.78 is 32.1. The van der Waals surface area contributed by atoms with Crippen molar-refractivity contribution < 1.29 is 13.2 Å². The van der Waals surface area contributed by atoms with Crippen molar-refractivity contribution in [3.05, 3.63) is 23.9 Å². The van der Waals surface area contributed by atoms with Crippen LogP contribution in [0.5, 0.6) is 5.88 Å². The molecule has 0 bridgehead atoms. The van der Waals surface area contributed by atoms with E-state index in [1.807, 2.05) is 20.8 Å². The Morgan fingerprint density at radius 3 is 2.62 bits per heavy atom. The fraction of sp³-hybridized carbons (Fsp3) is 0.667. The SMILES string of the molecule is CCCOc1cc(CNS(=O)(=O)CC(CC)CC)ccn1. The van der Waals surface area contributed by atoms with Gasteiger partial charge in [0, 0.05) is 18.8 Å². The van der Waals surface area contributed by atoms with E-state index in [2.05, 4.69) is 9.71 Å². The number of rotatable bonds is 10. The van der Waals surface area contributed by atoms with Crippen molar-refractivity contribution in [2.24, 2.45) is 5.92 Å². The van der Waals surface area contributed by atoms with Gasteiger partial charge in [0.2, 0.25) is 15.9 Å². The first-order valence-electron chi connectivity index (χ1n) is 7.55. The van der Waals surface area contributed by atoms with Crippen molar-refractivity contribution in [2.45, 2.75) is 46.6 Å². The van der Waals surface area contributed by atoms with E-state index in [1.165, 1.54) is 0 Å². The number of pyridine rings is 1. The summed E-state index contributed by atoms with van der Waals surface area (Å²) in [5.74, 6) is 0.932. The summed E-state index contributed by atoms with van der Waals surface area (Å²) in [7, 11) is -3.24. The van der Waals surface area contributed by atoms with E-state index in [0.29, 0.717) is 12.5 Å². The van der Waals surface area contributed by atoms with E-state index in [9.17, 15) is 8.42 Å². The Morgan fingerprint density at radius 2 is 2.00 bits per heavy atom. The van der Waals surface area contributed by atoms with Crippen LogP contribution in [0.4, 0.5) is 0 Å². The van der Waals surface area contributed by atoms with Crippen molar-refractivity contribution in [1.82, 2.24) is 9.71 Å². The number of nitrogens with zero attached hydrogens (tertiary/aromatic N) is 1. The molecule has 0 aliphatic heterocycles. The highest BCUT2D eigenvalue weighted by Crippen LogP contribution is 2.12.